The van der Waals surface area contributed by atoms with Crippen molar-refractivity contribution in [1.82, 2.24) is 24.9 Å². The van der Waals surface area contributed by atoms with Crippen LogP contribution < -0.4 is 5.32 Å². The molecular formula is C16H19N5. The minimum Gasteiger partial charge on any atom is -0.310 e. The maximum atomic E-state index is 4.41. The van der Waals surface area contributed by atoms with Crippen LogP contribution in [-0.4, -0.2) is 26.1 Å². The highest BCUT2D eigenvalue weighted by atomic mass is 15.2. The number of pyridine rings is 1. The SMILES string of the molecule is CCCNC(Cc1cccnc1)c1cnn2ccncc12. The van der Waals surface area contributed by atoms with Gasteiger partial charge < -0.3 is 5.32 Å². The van der Waals surface area contributed by atoms with Crippen LogP contribution in [0.3, 0.4) is 0 Å². The van der Waals surface area contributed by atoms with Crippen LogP contribution in [-0.2, 0) is 6.42 Å². The molecular weight excluding hydrogens is 262 g/mol. The molecule has 0 amide bonds. The van der Waals surface area contributed by atoms with E-state index < -0.39 is 0 Å². The topological polar surface area (TPSA) is 55.1 Å². The molecule has 0 bridgehead atoms. The number of hydrogen-bond acceptors (Lipinski definition) is 4. The number of aromatic nitrogens is 4. The van der Waals surface area contributed by atoms with E-state index in [0.717, 1.165) is 24.9 Å². The predicted molar refractivity (Wildman–Crippen MR) is 82.0 cm³/mol. The highest BCUT2D eigenvalue weighted by molar-refractivity contribution is 5.53. The van der Waals surface area contributed by atoms with E-state index >= 15 is 0 Å². The molecule has 21 heavy (non-hydrogen) atoms. The van der Waals surface area contributed by atoms with E-state index in [0.29, 0.717) is 0 Å². The van der Waals surface area contributed by atoms with Gasteiger partial charge in [0.15, 0.2) is 0 Å². The first-order valence-corrected chi connectivity index (χ1v) is 7.28. The molecule has 5 nitrogen and oxygen atoms in total. The average molecular weight is 281 g/mol. The summed E-state index contributed by atoms with van der Waals surface area (Å²) in [6.07, 6.45) is 13.1. The maximum Gasteiger partial charge on any atom is 0.0892 e. The second kappa shape index (κ2) is 6.45. The molecule has 3 aromatic rings. The largest absolute Gasteiger partial charge is 0.310 e. The number of fused-ring (bicyclic) bond motifs is 1. The van der Waals surface area contributed by atoms with Crippen molar-refractivity contribution in [1.29, 1.82) is 0 Å². The monoisotopic (exact) mass is 281 g/mol. The van der Waals surface area contributed by atoms with Gasteiger partial charge in [0.1, 0.15) is 0 Å². The van der Waals surface area contributed by atoms with Gasteiger partial charge in [-0.1, -0.05) is 13.0 Å². The summed E-state index contributed by atoms with van der Waals surface area (Å²) in [7, 11) is 0. The zero-order valence-corrected chi connectivity index (χ0v) is 12.1. The van der Waals surface area contributed by atoms with Crippen LogP contribution in [0.4, 0.5) is 0 Å². The average Bonchev–Trinajstić information content (AvgIpc) is 2.96. The Bertz CT molecular complexity index is 692. The molecule has 0 aromatic carbocycles. The molecule has 1 atom stereocenters. The van der Waals surface area contributed by atoms with Gasteiger partial charge in [0.2, 0.25) is 0 Å². The van der Waals surface area contributed by atoms with E-state index in [4.69, 9.17) is 0 Å². The van der Waals surface area contributed by atoms with Gasteiger partial charge in [-0.25, -0.2) is 4.52 Å². The lowest BCUT2D eigenvalue weighted by molar-refractivity contribution is 0.531. The minimum atomic E-state index is 0.218. The highest BCUT2D eigenvalue weighted by Crippen LogP contribution is 2.22. The smallest absolute Gasteiger partial charge is 0.0892 e. The quantitative estimate of drug-likeness (QED) is 0.754. The van der Waals surface area contributed by atoms with Crippen molar-refractivity contribution in [3.63, 3.8) is 0 Å². The second-order valence-electron chi connectivity index (χ2n) is 5.08. The summed E-state index contributed by atoms with van der Waals surface area (Å²) < 4.78 is 1.87. The van der Waals surface area contributed by atoms with E-state index in [2.05, 4.69) is 33.4 Å². The molecule has 0 saturated carbocycles. The lowest BCUT2D eigenvalue weighted by Gasteiger charge is -2.17. The predicted octanol–water partition coefficient (Wildman–Crippen LogP) is 2.41. The van der Waals surface area contributed by atoms with E-state index in [1.54, 1.807) is 12.4 Å². The molecule has 0 spiro atoms. The van der Waals surface area contributed by atoms with Crippen LogP contribution in [0.5, 0.6) is 0 Å². The molecule has 0 fully saturated rings. The Labute approximate surface area is 124 Å². The van der Waals surface area contributed by atoms with Gasteiger partial charge in [0.05, 0.1) is 17.9 Å². The number of hydrogen-bond donors (Lipinski definition) is 1. The zero-order valence-electron chi connectivity index (χ0n) is 12.1. The molecule has 3 heterocycles. The van der Waals surface area contributed by atoms with Gasteiger partial charge >= 0.3 is 0 Å². The summed E-state index contributed by atoms with van der Waals surface area (Å²) in [5.41, 5.74) is 3.45. The Morgan fingerprint density at radius 3 is 2.90 bits per heavy atom. The first kappa shape index (κ1) is 13.7. The van der Waals surface area contributed by atoms with Gasteiger partial charge in [-0.15, -0.1) is 0 Å². The van der Waals surface area contributed by atoms with Gasteiger partial charge in [0, 0.05) is 36.4 Å². The molecule has 0 saturated heterocycles. The van der Waals surface area contributed by atoms with Gasteiger partial charge in [-0.2, -0.15) is 5.10 Å². The van der Waals surface area contributed by atoms with Crippen LogP contribution in [0, 0.1) is 0 Å². The molecule has 5 heteroatoms. The van der Waals surface area contributed by atoms with Crippen molar-refractivity contribution >= 4 is 5.52 Å². The van der Waals surface area contributed by atoms with E-state index in [1.165, 1.54) is 11.1 Å². The Morgan fingerprint density at radius 2 is 2.10 bits per heavy atom. The van der Waals surface area contributed by atoms with E-state index in [-0.39, 0.29) is 6.04 Å². The molecule has 3 rings (SSSR count). The fraction of sp³-hybridized carbons (Fsp3) is 0.312. The van der Waals surface area contributed by atoms with Crippen LogP contribution >= 0.6 is 0 Å². The summed E-state index contributed by atoms with van der Waals surface area (Å²) in [4.78, 5) is 8.42. The molecule has 0 aliphatic carbocycles. The summed E-state index contributed by atoms with van der Waals surface area (Å²) >= 11 is 0. The lowest BCUT2D eigenvalue weighted by Crippen LogP contribution is -2.24. The first-order chi connectivity index (χ1) is 10.4. The molecule has 0 aliphatic rings. The summed E-state index contributed by atoms with van der Waals surface area (Å²) in [5, 5.41) is 8.01. The highest BCUT2D eigenvalue weighted by Gasteiger charge is 2.16. The van der Waals surface area contributed by atoms with Crippen molar-refractivity contribution in [3.8, 4) is 0 Å². The Hall–Kier alpha value is -2.27. The van der Waals surface area contributed by atoms with Crippen molar-refractivity contribution in [2.24, 2.45) is 0 Å². The fourth-order valence-electron chi connectivity index (χ4n) is 2.49. The molecule has 1 N–H and O–H groups in total. The van der Waals surface area contributed by atoms with Gasteiger partial charge in [0.25, 0.3) is 0 Å². The van der Waals surface area contributed by atoms with E-state index in [9.17, 15) is 0 Å². The summed E-state index contributed by atoms with van der Waals surface area (Å²) in [6, 6.07) is 4.30. The molecule has 108 valence electrons. The molecule has 0 radical (unpaired) electrons. The standard InChI is InChI=1S/C16H19N5/c1-2-5-19-15(9-13-4-3-6-17-10-13)14-11-20-21-8-7-18-12-16(14)21/h3-4,6-8,10-12,15,19H,2,5,9H2,1H3. The maximum absolute atomic E-state index is 4.41. The normalized spacial score (nSPS) is 12.6. The Balaban J connectivity index is 1.91. The van der Waals surface area contributed by atoms with Crippen LogP contribution in [0.25, 0.3) is 5.52 Å². The van der Waals surface area contributed by atoms with E-state index in [1.807, 2.05) is 35.4 Å². The number of nitrogens with one attached hydrogen (secondary N) is 1. The molecule has 3 aromatic heterocycles. The summed E-state index contributed by atoms with van der Waals surface area (Å²) in [6.45, 7) is 3.15. The molecule has 0 aliphatic heterocycles. The Kier molecular flexibility index (Phi) is 4.21. The third-order valence-electron chi connectivity index (χ3n) is 3.53. The molecule has 1 unspecified atom stereocenters. The Morgan fingerprint density at radius 1 is 1.19 bits per heavy atom. The third kappa shape index (κ3) is 3.08. The second-order valence-corrected chi connectivity index (χ2v) is 5.08. The van der Waals surface area contributed by atoms with Crippen molar-refractivity contribution in [2.45, 2.75) is 25.8 Å². The lowest BCUT2D eigenvalue weighted by atomic mass is 10.0. The first-order valence-electron chi connectivity index (χ1n) is 7.28. The number of rotatable bonds is 6. The van der Waals surface area contributed by atoms with Gasteiger partial charge in [-0.3, -0.25) is 9.97 Å². The van der Waals surface area contributed by atoms with Crippen LogP contribution in [0.15, 0.2) is 49.3 Å². The van der Waals surface area contributed by atoms with Crippen LogP contribution in [0.2, 0.25) is 0 Å². The third-order valence-corrected chi connectivity index (χ3v) is 3.53. The number of nitrogens with zero attached hydrogens (tertiary/aromatic N) is 4. The fourth-order valence-corrected chi connectivity index (χ4v) is 2.49. The van der Waals surface area contributed by atoms with Crippen LogP contribution in [0.1, 0.15) is 30.5 Å². The minimum absolute atomic E-state index is 0.218. The van der Waals surface area contributed by atoms with Gasteiger partial charge in [-0.05, 0) is 31.0 Å². The van der Waals surface area contributed by atoms with Crippen molar-refractivity contribution in [3.05, 3.63) is 60.4 Å². The summed E-state index contributed by atoms with van der Waals surface area (Å²) in [5.74, 6) is 0. The zero-order chi connectivity index (χ0) is 14.5. The van der Waals surface area contributed by atoms with Crippen molar-refractivity contribution in [2.75, 3.05) is 6.54 Å². The van der Waals surface area contributed by atoms with Crippen molar-refractivity contribution < 1.29 is 0 Å².